The third kappa shape index (κ3) is 5.06. The second-order valence-corrected chi connectivity index (χ2v) is 6.57. The second kappa shape index (κ2) is 6.37. The average molecular weight is 322 g/mol. The van der Waals surface area contributed by atoms with Crippen molar-refractivity contribution in [3.63, 3.8) is 0 Å². The van der Waals surface area contributed by atoms with Crippen LogP contribution in [0.3, 0.4) is 0 Å². The van der Waals surface area contributed by atoms with Crippen molar-refractivity contribution in [3.05, 3.63) is 28.2 Å². The number of anilines is 1. The van der Waals surface area contributed by atoms with Crippen molar-refractivity contribution in [2.45, 2.75) is 19.8 Å². The van der Waals surface area contributed by atoms with Crippen LogP contribution in [0.4, 0.5) is 5.69 Å². The third-order valence-electron chi connectivity index (χ3n) is 2.29. The topological polar surface area (TPSA) is 66.4 Å². The van der Waals surface area contributed by atoms with Gasteiger partial charge in [0.05, 0.1) is 11.4 Å². The fourth-order valence-corrected chi connectivity index (χ4v) is 2.93. The number of sulfonamides is 1. The van der Waals surface area contributed by atoms with E-state index in [9.17, 15) is 8.42 Å². The minimum absolute atomic E-state index is 0.0193. The molecule has 0 saturated heterocycles. The van der Waals surface area contributed by atoms with Crippen LogP contribution in [0.2, 0.25) is 0 Å². The van der Waals surface area contributed by atoms with Crippen molar-refractivity contribution >= 4 is 31.6 Å². The first-order valence-corrected chi connectivity index (χ1v) is 7.76. The number of benzene rings is 1. The first-order valence-electron chi connectivity index (χ1n) is 5.32. The Bertz CT molecular complexity index is 474. The van der Waals surface area contributed by atoms with Crippen molar-refractivity contribution < 1.29 is 13.5 Å². The SMILES string of the molecule is Cc1ccc(Br)cc1NS(=O)(=O)CCCCO. The summed E-state index contributed by atoms with van der Waals surface area (Å²) in [7, 11) is -3.33. The molecule has 0 fully saturated rings. The molecule has 0 aliphatic heterocycles. The van der Waals surface area contributed by atoms with Gasteiger partial charge in [-0.3, -0.25) is 4.72 Å². The highest BCUT2D eigenvalue weighted by atomic mass is 79.9. The Hall–Kier alpha value is -0.590. The predicted molar refractivity (Wildman–Crippen MR) is 72.6 cm³/mol. The van der Waals surface area contributed by atoms with Crippen LogP contribution < -0.4 is 4.72 Å². The fraction of sp³-hybridized carbons (Fsp3) is 0.455. The molecule has 1 aromatic rings. The molecule has 0 bridgehead atoms. The summed E-state index contributed by atoms with van der Waals surface area (Å²) in [6.07, 6.45) is 0.956. The highest BCUT2D eigenvalue weighted by Crippen LogP contribution is 2.21. The van der Waals surface area contributed by atoms with Crippen LogP contribution in [0, 0.1) is 6.92 Å². The van der Waals surface area contributed by atoms with Crippen molar-refractivity contribution in [1.82, 2.24) is 0 Å². The van der Waals surface area contributed by atoms with Gasteiger partial charge in [0.2, 0.25) is 10.0 Å². The Kier molecular flexibility index (Phi) is 5.42. The summed E-state index contributed by atoms with van der Waals surface area (Å²) in [6, 6.07) is 5.44. The van der Waals surface area contributed by atoms with E-state index in [1.165, 1.54) is 0 Å². The Balaban J connectivity index is 2.72. The summed E-state index contributed by atoms with van der Waals surface area (Å²) in [4.78, 5) is 0. The molecule has 0 spiro atoms. The quantitative estimate of drug-likeness (QED) is 0.790. The second-order valence-electron chi connectivity index (χ2n) is 3.81. The summed E-state index contributed by atoms with van der Waals surface area (Å²) >= 11 is 3.30. The maximum Gasteiger partial charge on any atom is 0.232 e. The van der Waals surface area contributed by atoms with Gasteiger partial charge >= 0.3 is 0 Å². The molecule has 6 heteroatoms. The molecule has 0 atom stereocenters. The maximum atomic E-state index is 11.7. The van der Waals surface area contributed by atoms with Crippen LogP contribution in [0.25, 0.3) is 0 Å². The Morgan fingerprint density at radius 3 is 2.71 bits per heavy atom. The van der Waals surface area contributed by atoms with Gasteiger partial charge < -0.3 is 5.11 Å². The number of aliphatic hydroxyl groups is 1. The summed E-state index contributed by atoms with van der Waals surface area (Å²) < 4.78 is 26.8. The van der Waals surface area contributed by atoms with Gasteiger partial charge in [0.1, 0.15) is 0 Å². The highest BCUT2D eigenvalue weighted by molar-refractivity contribution is 9.10. The van der Waals surface area contributed by atoms with Crippen LogP contribution in [0.1, 0.15) is 18.4 Å². The number of unbranched alkanes of at least 4 members (excludes halogenated alkanes) is 1. The predicted octanol–water partition coefficient (Wildman–Crippen LogP) is 2.27. The smallest absolute Gasteiger partial charge is 0.232 e. The Morgan fingerprint density at radius 1 is 1.35 bits per heavy atom. The van der Waals surface area contributed by atoms with Crippen LogP contribution >= 0.6 is 15.9 Å². The van der Waals surface area contributed by atoms with Gasteiger partial charge in [0.15, 0.2) is 0 Å². The molecule has 0 radical (unpaired) electrons. The van der Waals surface area contributed by atoms with E-state index in [4.69, 9.17) is 5.11 Å². The maximum absolute atomic E-state index is 11.7. The number of aliphatic hydroxyl groups excluding tert-OH is 1. The molecule has 1 rings (SSSR count). The van der Waals surface area contributed by atoms with E-state index in [1.807, 2.05) is 19.1 Å². The number of hydrogen-bond acceptors (Lipinski definition) is 3. The zero-order chi connectivity index (χ0) is 12.9. The standard InChI is InChI=1S/C11H16BrNO3S/c1-9-4-5-10(12)8-11(9)13-17(15,16)7-3-2-6-14/h4-5,8,13-14H,2-3,6-7H2,1H3. The van der Waals surface area contributed by atoms with Crippen molar-refractivity contribution in [3.8, 4) is 0 Å². The molecule has 17 heavy (non-hydrogen) atoms. The first kappa shape index (κ1) is 14.5. The summed E-state index contributed by atoms with van der Waals surface area (Å²) in [5, 5.41) is 8.61. The highest BCUT2D eigenvalue weighted by Gasteiger charge is 2.11. The molecule has 0 saturated carbocycles. The van der Waals surface area contributed by atoms with Gasteiger partial charge in [0, 0.05) is 11.1 Å². The number of halogens is 1. The van der Waals surface area contributed by atoms with E-state index in [2.05, 4.69) is 20.7 Å². The van der Waals surface area contributed by atoms with Gasteiger partial charge in [-0.05, 0) is 37.5 Å². The van der Waals surface area contributed by atoms with Crippen molar-refractivity contribution in [1.29, 1.82) is 0 Å². The fourth-order valence-electron chi connectivity index (χ4n) is 1.33. The van der Waals surface area contributed by atoms with Gasteiger partial charge in [-0.15, -0.1) is 0 Å². The lowest BCUT2D eigenvalue weighted by atomic mass is 10.2. The Morgan fingerprint density at radius 2 is 2.06 bits per heavy atom. The lowest BCUT2D eigenvalue weighted by Gasteiger charge is -2.10. The molecule has 1 aromatic carbocycles. The number of nitrogens with one attached hydrogen (secondary N) is 1. The molecule has 0 aliphatic carbocycles. The van der Waals surface area contributed by atoms with Crippen molar-refractivity contribution in [2.75, 3.05) is 17.1 Å². The molecule has 4 nitrogen and oxygen atoms in total. The molecule has 0 unspecified atom stereocenters. The van der Waals surface area contributed by atoms with Crippen LogP contribution in [-0.2, 0) is 10.0 Å². The number of rotatable bonds is 6. The number of hydrogen-bond donors (Lipinski definition) is 2. The minimum atomic E-state index is -3.33. The van der Waals surface area contributed by atoms with Gasteiger partial charge in [-0.1, -0.05) is 22.0 Å². The molecule has 0 aliphatic rings. The van der Waals surface area contributed by atoms with Gasteiger partial charge in [0.25, 0.3) is 0 Å². The summed E-state index contributed by atoms with van der Waals surface area (Å²) in [5.41, 5.74) is 1.46. The van der Waals surface area contributed by atoms with E-state index >= 15 is 0 Å². The summed E-state index contributed by atoms with van der Waals surface area (Å²) in [5.74, 6) is 0.0273. The van der Waals surface area contributed by atoms with Crippen molar-refractivity contribution in [2.24, 2.45) is 0 Å². The van der Waals surface area contributed by atoms with E-state index in [0.29, 0.717) is 18.5 Å². The zero-order valence-corrected chi connectivity index (χ0v) is 12.0. The summed E-state index contributed by atoms with van der Waals surface area (Å²) in [6.45, 7) is 1.86. The molecular weight excluding hydrogens is 306 g/mol. The van der Waals surface area contributed by atoms with Crippen LogP contribution in [-0.4, -0.2) is 25.9 Å². The molecule has 0 aromatic heterocycles. The van der Waals surface area contributed by atoms with Crippen LogP contribution in [0.5, 0.6) is 0 Å². The molecule has 96 valence electrons. The lowest BCUT2D eigenvalue weighted by Crippen LogP contribution is -2.17. The minimum Gasteiger partial charge on any atom is -0.396 e. The van der Waals surface area contributed by atoms with E-state index < -0.39 is 10.0 Å². The number of aryl methyl sites for hydroxylation is 1. The van der Waals surface area contributed by atoms with Crippen LogP contribution in [0.15, 0.2) is 22.7 Å². The van der Waals surface area contributed by atoms with E-state index in [0.717, 1.165) is 10.0 Å². The zero-order valence-electron chi connectivity index (χ0n) is 9.61. The third-order valence-corrected chi connectivity index (χ3v) is 4.14. The Labute approximate surface area is 110 Å². The molecule has 2 N–H and O–H groups in total. The average Bonchev–Trinajstić information content (AvgIpc) is 2.23. The normalized spacial score (nSPS) is 11.5. The van der Waals surface area contributed by atoms with Gasteiger partial charge in [-0.25, -0.2) is 8.42 Å². The van der Waals surface area contributed by atoms with Gasteiger partial charge in [-0.2, -0.15) is 0 Å². The largest absolute Gasteiger partial charge is 0.396 e. The monoisotopic (exact) mass is 321 g/mol. The molecule has 0 amide bonds. The van der Waals surface area contributed by atoms with E-state index in [1.54, 1.807) is 6.07 Å². The van der Waals surface area contributed by atoms with E-state index in [-0.39, 0.29) is 12.4 Å². The molecule has 0 heterocycles. The molecular formula is C11H16BrNO3S. The lowest BCUT2D eigenvalue weighted by molar-refractivity contribution is 0.287. The first-order chi connectivity index (χ1) is 7.94.